The molecule has 0 spiro atoms. The molecule has 2 aromatic heterocycles. The van der Waals surface area contributed by atoms with Gasteiger partial charge in [0.1, 0.15) is 0 Å². The van der Waals surface area contributed by atoms with Crippen molar-refractivity contribution in [1.29, 1.82) is 0 Å². The number of hydrogen-bond donors (Lipinski definition) is 1. The molecule has 152 valence electrons. The molecule has 0 aliphatic rings. The van der Waals surface area contributed by atoms with Crippen LogP contribution in [0.15, 0.2) is 67.0 Å². The van der Waals surface area contributed by atoms with E-state index in [0.29, 0.717) is 23.6 Å². The molecule has 2 heterocycles. The van der Waals surface area contributed by atoms with E-state index in [1.54, 1.807) is 17.1 Å². The van der Waals surface area contributed by atoms with E-state index in [2.05, 4.69) is 35.3 Å². The van der Waals surface area contributed by atoms with Crippen molar-refractivity contribution in [3.8, 4) is 5.69 Å². The lowest BCUT2D eigenvalue weighted by Gasteiger charge is -2.13. The quantitative estimate of drug-likeness (QED) is 0.470. The zero-order chi connectivity index (χ0) is 21.1. The van der Waals surface area contributed by atoms with Crippen LogP contribution in [0.2, 0.25) is 5.02 Å². The first-order chi connectivity index (χ1) is 14.5. The van der Waals surface area contributed by atoms with Crippen LogP contribution in [0.25, 0.3) is 16.6 Å². The minimum atomic E-state index is -0.125. The summed E-state index contributed by atoms with van der Waals surface area (Å²) in [4.78, 5) is 17.4. The van der Waals surface area contributed by atoms with Gasteiger partial charge in [-0.15, -0.1) is 0 Å². The summed E-state index contributed by atoms with van der Waals surface area (Å²) in [6.45, 7) is 4.63. The van der Waals surface area contributed by atoms with Crippen molar-refractivity contribution in [2.45, 2.75) is 26.2 Å². The lowest BCUT2D eigenvalue weighted by molar-refractivity contribution is 0.0953. The number of carbonyl (C=O) groups is 1. The lowest BCUT2D eigenvalue weighted by atomic mass is 10.0. The minimum Gasteiger partial charge on any atom is -0.352 e. The van der Waals surface area contributed by atoms with Gasteiger partial charge in [0.25, 0.3) is 5.91 Å². The predicted molar refractivity (Wildman–Crippen MR) is 120 cm³/mol. The Kier molecular flexibility index (Phi) is 5.81. The van der Waals surface area contributed by atoms with Gasteiger partial charge in [-0.05, 0) is 42.2 Å². The molecule has 1 N–H and O–H groups in total. The molecule has 4 aromatic rings. The van der Waals surface area contributed by atoms with E-state index >= 15 is 0 Å². The van der Waals surface area contributed by atoms with Crippen molar-refractivity contribution in [2.75, 3.05) is 6.54 Å². The van der Waals surface area contributed by atoms with Gasteiger partial charge in [0.15, 0.2) is 0 Å². The lowest BCUT2D eigenvalue weighted by Crippen LogP contribution is -2.26. The molecule has 30 heavy (non-hydrogen) atoms. The van der Waals surface area contributed by atoms with Crippen LogP contribution in [0.4, 0.5) is 0 Å². The molecular formula is C24H23ClN4O. The molecule has 2 aromatic carbocycles. The van der Waals surface area contributed by atoms with Gasteiger partial charge in [-0.3, -0.25) is 9.78 Å². The predicted octanol–water partition coefficient (Wildman–Crippen LogP) is 5.17. The van der Waals surface area contributed by atoms with E-state index in [9.17, 15) is 4.79 Å². The number of nitrogens with one attached hydrogen (secondary N) is 1. The Hall–Kier alpha value is -3.18. The third kappa shape index (κ3) is 4.07. The van der Waals surface area contributed by atoms with Crippen LogP contribution in [0.3, 0.4) is 0 Å². The number of pyridine rings is 1. The van der Waals surface area contributed by atoms with Crippen LogP contribution in [0, 0.1) is 0 Å². The molecule has 0 fully saturated rings. The molecule has 4 rings (SSSR count). The number of halogens is 1. The highest BCUT2D eigenvalue weighted by Gasteiger charge is 2.20. The van der Waals surface area contributed by atoms with E-state index in [4.69, 9.17) is 11.6 Å². The molecular weight excluding hydrogens is 396 g/mol. The Bertz CT molecular complexity index is 1190. The Morgan fingerprint density at radius 3 is 2.73 bits per heavy atom. The summed E-state index contributed by atoms with van der Waals surface area (Å²) >= 11 is 6.14. The highest BCUT2D eigenvalue weighted by atomic mass is 35.5. The van der Waals surface area contributed by atoms with Crippen molar-refractivity contribution in [3.05, 3.63) is 88.8 Å². The number of hydrogen-bond acceptors (Lipinski definition) is 3. The third-order valence-electron chi connectivity index (χ3n) is 5.05. The molecule has 0 saturated heterocycles. The highest BCUT2D eigenvalue weighted by Crippen LogP contribution is 2.24. The van der Waals surface area contributed by atoms with Crippen molar-refractivity contribution in [3.63, 3.8) is 0 Å². The monoisotopic (exact) mass is 418 g/mol. The van der Waals surface area contributed by atoms with E-state index < -0.39 is 0 Å². The number of nitrogens with zero attached hydrogens (tertiary/aromatic N) is 3. The molecule has 0 aliphatic heterocycles. The smallest absolute Gasteiger partial charge is 0.254 e. The fraction of sp³-hybridized carbons (Fsp3) is 0.208. The molecule has 5 nitrogen and oxygen atoms in total. The first-order valence-electron chi connectivity index (χ1n) is 9.99. The van der Waals surface area contributed by atoms with Crippen LogP contribution >= 0.6 is 11.6 Å². The average Bonchev–Trinajstić information content (AvgIpc) is 3.19. The van der Waals surface area contributed by atoms with Gasteiger partial charge in [0.05, 0.1) is 28.7 Å². The number of amides is 1. The van der Waals surface area contributed by atoms with Gasteiger partial charge < -0.3 is 5.32 Å². The molecule has 0 bridgehead atoms. The number of aromatic nitrogens is 3. The molecule has 0 aliphatic carbocycles. The summed E-state index contributed by atoms with van der Waals surface area (Å²) in [5.74, 6) is -0.00493. The van der Waals surface area contributed by atoms with Gasteiger partial charge in [0, 0.05) is 23.2 Å². The van der Waals surface area contributed by atoms with Crippen molar-refractivity contribution in [1.82, 2.24) is 20.1 Å². The van der Waals surface area contributed by atoms with Crippen LogP contribution in [-0.4, -0.2) is 27.2 Å². The number of benzene rings is 2. The van der Waals surface area contributed by atoms with Gasteiger partial charge in [-0.1, -0.05) is 55.8 Å². The van der Waals surface area contributed by atoms with Crippen LogP contribution < -0.4 is 5.32 Å². The van der Waals surface area contributed by atoms with Crippen molar-refractivity contribution in [2.24, 2.45) is 0 Å². The maximum atomic E-state index is 12.9. The second-order valence-electron chi connectivity index (χ2n) is 7.49. The highest BCUT2D eigenvalue weighted by molar-refractivity contribution is 6.30. The molecule has 6 heteroatoms. The maximum Gasteiger partial charge on any atom is 0.254 e. The second kappa shape index (κ2) is 8.67. The summed E-state index contributed by atoms with van der Waals surface area (Å²) in [5.41, 5.74) is 4.38. The third-order valence-corrected chi connectivity index (χ3v) is 5.28. The first kappa shape index (κ1) is 20.1. The summed E-state index contributed by atoms with van der Waals surface area (Å²) in [5, 5.41) is 9.24. The van der Waals surface area contributed by atoms with E-state index in [1.165, 1.54) is 0 Å². The van der Waals surface area contributed by atoms with Crippen molar-refractivity contribution < 1.29 is 4.79 Å². The number of para-hydroxylation sites is 1. The standard InChI is InChI=1S/C24H23ClN4O/c1-16(2)23-21(15-28-29(23)20-10-4-9-19(25)14-20)24(30)27-13-11-18-7-3-6-17-8-5-12-26-22(17)18/h3-10,12,14-16H,11,13H2,1-2H3,(H,27,30). The fourth-order valence-electron chi connectivity index (χ4n) is 3.68. The van der Waals surface area contributed by atoms with Crippen molar-refractivity contribution >= 4 is 28.4 Å². The van der Waals surface area contributed by atoms with Gasteiger partial charge in [-0.25, -0.2) is 4.68 Å². The van der Waals surface area contributed by atoms with E-state index in [-0.39, 0.29) is 11.8 Å². The van der Waals surface area contributed by atoms with E-state index in [0.717, 1.165) is 27.8 Å². The topological polar surface area (TPSA) is 59.8 Å². The van der Waals surface area contributed by atoms with Crippen LogP contribution in [0.5, 0.6) is 0 Å². The normalized spacial score (nSPS) is 11.2. The van der Waals surface area contributed by atoms with Crippen LogP contribution in [-0.2, 0) is 6.42 Å². The zero-order valence-corrected chi connectivity index (χ0v) is 17.7. The fourth-order valence-corrected chi connectivity index (χ4v) is 3.86. The number of rotatable bonds is 6. The molecule has 0 unspecified atom stereocenters. The number of carbonyl (C=O) groups excluding carboxylic acids is 1. The Morgan fingerprint density at radius 1 is 1.13 bits per heavy atom. The van der Waals surface area contributed by atoms with Crippen LogP contribution in [0.1, 0.15) is 41.4 Å². The Morgan fingerprint density at radius 2 is 1.93 bits per heavy atom. The summed E-state index contributed by atoms with van der Waals surface area (Å²) in [7, 11) is 0. The van der Waals surface area contributed by atoms with E-state index in [1.807, 2.05) is 48.5 Å². The summed E-state index contributed by atoms with van der Waals surface area (Å²) in [6, 6.07) is 17.6. The van der Waals surface area contributed by atoms with Gasteiger partial charge in [0.2, 0.25) is 0 Å². The first-order valence-corrected chi connectivity index (χ1v) is 10.4. The van der Waals surface area contributed by atoms with Gasteiger partial charge >= 0.3 is 0 Å². The Balaban J connectivity index is 1.52. The molecule has 0 atom stereocenters. The molecule has 0 saturated carbocycles. The largest absolute Gasteiger partial charge is 0.352 e. The molecule has 1 amide bonds. The zero-order valence-electron chi connectivity index (χ0n) is 17.0. The summed E-state index contributed by atoms with van der Waals surface area (Å²) < 4.78 is 1.79. The Labute approximate surface area is 180 Å². The minimum absolute atomic E-state index is 0.120. The molecule has 0 radical (unpaired) electrons. The average molecular weight is 419 g/mol. The maximum absolute atomic E-state index is 12.9. The van der Waals surface area contributed by atoms with Gasteiger partial charge in [-0.2, -0.15) is 5.10 Å². The number of fused-ring (bicyclic) bond motifs is 1. The second-order valence-corrected chi connectivity index (χ2v) is 7.92. The SMILES string of the molecule is CC(C)c1c(C(=O)NCCc2cccc3cccnc23)cnn1-c1cccc(Cl)c1. The summed E-state index contributed by atoms with van der Waals surface area (Å²) in [6.07, 6.45) is 4.13.